The van der Waals surface area contributed by atoms with E-state index in [9.17, 15) is 14.7 Å². The molecular weight excluding hydrogens is 342 g/mol. The lowest BCUT2D eigenvalue weighted by molar-refractivity contribution is 0.429. The highest BCUT2D eigenvalue weighted by Gasteiger charge is 2.22. The maximum absolute atomic E-state index is 12.5. The monoisotopic (exact) mass is 359 g/mol. The molecule has 0 saturated heterocycles. The summed E-state index contributed by atoms with van der Waals surface area (Å²) in [5, 5.41) is 10.9. The van der Waals surface area contributed by atoms with E-state index >= 15 is 0 Å². The summed E-state index contributed by atoms with van der Waals surface area (Å²) >= 11 is 0. The van der Waals surface area contributed by atoms with E-state index in [4.69, 9.17) is 0 Å². The Morgan fingerprint density at radius 3 is 2.56 bits per heavy atom. The predicted molar refractivity (Wildman–Crippen MR) is 106 cm³/mol. The molecule has 27 heavy (non-hydrogen) atoms. The van der Waals surface area contributed by atoms with Gasteiger partial charge in [0.05, 0.1) is 11.4 Å². The molecule has 0 aliphatic carbocycles. The number of nitrogens with one attached hydrogen (secondary N) is 1. The van der Waals surface area contributed by atoms with Crippen LogP contribution in [0.3, 0.4) is 0 Å². The zero-order valence-electron chi connectivity index (χ0n) is 14.9. The number of aromatic hydroxyl groups is 1. The van der Waals surface area contributed by atoms with Gasteiger partial charge in [-0.2, -0.15) is 0 Å². The molecule has 0 atom stereocenters. The van der Waals surface area contributed by atoms with Crippen LogP contribution < -0.4 is 11.2 Å². The van der Waals surface area contributed by atoms with E-state index in [1.807, 2.05) is 43.3 Å². The molecule has 0 amide bonds. The molecule has 0 bridgehead atoms. The summed E-state index contributed by atoms with van der Waals surface area (Å²) in [5.41, 5.74) is 3.00. The highest BCUT2D eigenvalue weighted by molar-refractivity contribution is 6.24. The van der Waals surface area contributed by atoms with Crippen LogP contribution in [0.15, 0.2) is 63.1 Å². The van der Waals surface area contributed by atoms with Gasteiger partial charge in [-0.25, -0.2) is 9.36 Å². The number of aromatic nitrogens is 2. The minimum Gasteiger partial charge on any atom is -0.494 e. The Bertz CT molecular complexity index is 1250. The standard InChI is InChI=1S/C21H17N3O3/c1-12-7-3-6-10-17(12)24-20(26)18(19(25)23-21(24)27)13(2)15-11-22-16-9-5-4-8-14(15)16/h3-11,26H,1-2H3,(H,23,25,27). The van der Waals surface area contributed by atoms with Crippen LogP contribution in [0.1, 0.15) is 23.6 Å². The maximum Gasteiger partial charge on any atom is 0.335 e. The number of allylic oxidation sites excluding steroid dienone is 2. The summed E-state index contributed by atoms with van der Waals surface area (Å²) in [7, 11) is 0. The number of rotatable bonds is 2. The van der Waals surface area contributed by atoms with E-state index in [0.717, 1.165) is 27.0 Å². The molecule has 1 aromatic heterocycles. The fourth-order valence-corrected chi connectivity index (χ4v) is 3.35. The molecule has 134 valence electrons. The highest BCUT2D eigenvalue weighted by Crippen LogP contribution is 2.36. The summed E-state index contributed by atoms with van der Waals surface area (Å²) in [6.07, 6.45) is 1.67. The van der Waals surface area contributed by atoms with Crippen LogP contribution in [0.5, 0.6) is 5.88 Å². The van der Waals surface area contributed by atoms with Gasteiger partial charge in [0.1, 0.15) is 5.56 Å². The molecule has 0 saturated carbocycles. The number of fused-ring (bicyclic) bond motifs is 1. The second kappa shape index (κ2) is 6.25. The molecule has 1 aliphatic rings. The molecule has 3 aromatic rings. The van der Waals surface area contributed by atoms with Crippen LogP contribution in [0.25, 0.3) is 16.8 Å². The SMILES string of the molecule is CC(=C1C=Nc2ccccc21)c1c(O)n(-c2ccccc2C)c(=O)[nH]c1=O. The van der Waals surface area contributed by atoms with Crippen molar-refractivity contribution in [1.82, 2.24) is 9.55 Å². The minimum absolute atomic E-state index is 0.0519. The lowest BCUT2D eigenvalue weighted by Crippen LogP contribution is -2.31. The third-order valence-corrected chi connectivity index (χ3v) is 4.75. The summed E-state index contributed by atoms with van der Waals surface area (Å²) in [6, 6.07) is 14.7. The topological polar surface area (TPSA) is 87.4 Å². The quantitative estimate of drug-likeness (QED) is 0.737. The Hall–Kier alpha value is -3.67. The zero-order chi connectivity index (χ0) is 19.1. The Balaban J connectivity index is 2.01. The van der Waals surface area contributed by atoms with E-state index < -0.39 is 11.2 Å². The van der Waals surface area contributed by atoms with Gasteiger partial charge in [0, 0.05) is 17.4 Å². The van der Waals surface area contributed by atoms with Gasteiger partial charge in [-0.3, -0.25) is 14.8 Å². The molecule has 6 nitrogen and oxygen atoms in total. The molecule has 1 aliphatic heterocycles. The maximum atomic E-state index is 12.5. The van der Waals surface area contributed by atoms with Gasteiger partial charge in [0.25, 0.3) is 5.56 Å². The van der Waals surface area contributed by atoms with Crippen molar-refractivity contribution in [2.24, 2.45) is 4.99 Å². The van der Waals surface area contributed by atoms with Crippen molar-refractivity contribution in [1.29, 1.82) is 0 Å². The van der Waals surface area contributed by atoms with Gasteiger partial charge < -0.3 is 5.11 Å². The number of H-pyrrole nitrogens is 1. The second-order valence-electron chi connectivity index (χ2n) is 6.39. The number of aromatic amines is 1. The summed E-state index contributed by atoms with van der Waals surface area (Å²) in [4.78, 5) is 31.6. The fourth-order valence-electron chi connectivity index (χ4n) is 3.35. The largest absolute Gasteiger partial charge is 0.494 e. The van der Waals surface area contributed by atoms with Crippen LogP contribution in [0, 0.1) is 6.92 Å². The van der Waals surface area contributed by atoms with Crippen molar-refractivity contribution >= 4 is 23.0 Å². The molecule has 4 rings (SSSR count). The number of hydrogen-bond acceptors (Lipinski definition) is 4. The predicted octanol–water partition coefficient (Wildman–Crippen LogP) is 3.19. The molecule has 0 fully saturated rings. The number of nitrogens with zero attached hydrogens (tertiary/aromatic N) is 2. The van der Waals surface area contributed by atoms with Crippen molar-refractivity contribution in [3.63, 3.8) is 0 Å². The molecule has 2 aromatic carbocycles. The molecule has 2 N–H and O–H groups in total. The van der Waals surface area contributed by atoms with Crippen molar-refractivity contribution in [3.8, 4) is 11.6 Å². The lowest BCUT2D eigenvalue weighted by atomic mass is 9.98. The van der Waals surface area contributed by atoms with E-state index in [-0.39, 0.29) is 11.4 Å². The van der Waals surface area contributed by atoms with E-state index in [1.165, 1.54) is 0 Å². The Morgan fingerprint density at radius 1 is 1.07 bits per heavy atom. The fraction of sp³-hybridized carbons (Fsp3) is 0.0952. The average molecular weight is 359 g/mol. The lowest BCUT2D eigenvalue weighted by Gasteiger charge is -2.14. The van der Waals surface area contributed by atoms with Crippen LogP contribution >= 0.6 is 0 Å². The Morgan fingerprint density at radius 2 is 1.78 bits per heavy atom. The minimum atomic E-state index is -0.686. The van der Waals surface area contributed by atoms with Crippen LogP contribution in [0.4, 0.5) is 5.69 Å². The first-order valence-corrected chi connectivity index (χ1v) is 8.48. The summed E-state index contributed by atoms with van der Waals surface area (Å²) in [6.45, 7) is 3.57. The van der Waals surface area contributed by atoms with Gasteiger partial charge in [0.15, 0.2) is 0 Å². The second-order valence-corrected chi connectivity index (χ2v) is 6.39. The first-order valence-electron chi connectivity index (χ1n) is 8.48. The Labute approximate surface area is 154 Å². The van der Waals surface area contributed by atoms with Crippen molar-refractivity contribution in [2.45, 2.75) is 13.8 Å². The molecule has 0 spiro atoms. The third kappa shape index (κ3) is 2.62. The molecule has 0 radical (unpaired) electrons. The highest BCUT2D eigenvalue weighted by atomic mass is 16.3. The molecular formula is C21H17N3O3. The van der Waals surface area contributed by atoms with Crippen LogP contribution in [0.2, 0.25) is 0 Å². The number of aliphatic imine (C=N–C) groups is 1. The summed E-state index contributed by atoms with van der Waals surface area (Å²) in [5.74, 6) is -0.388. The summed E-state index contributed by atoms with van der Waals surface area (Å²) < 4.78 is 1.12. The first kappa shape index (κ1) is 16.8. The van der Waals surface area contributed by atoms with E-state index in [0.29, 0.717) is 11.3 Å². The third-order valence-electron chi connectivity index (χ3n) is 4.75. The van der Waals surface area contributed by atoms with Crippen molar-refractivity contribution in [2.75, 3.05) is 0 Å². The van der Waals surface area contributed by atoms with Crippen molar-refractivity contribution < 1.29 is 5.11 Å². The van der Waals surface area contributed by atoms with Crippen molar-refractivity contribution in [3.05, 3.63) is 86.1 Å². The van der Waals surface area contributed by atoms with Gasteiger partial charge in [-0.1, -0.05) is 36.4 Å². The Kier molecular flexibility index (Phi) is 3.88. The number of hydrogen-bond donors (Lipinski definition) is 2. The number of para-hydroxylation sites is 2. The van der Waals surface area contributed by atoms with Gasteiger partial charge >= 0.3 is 5.69 Å². The van der Waals surface area contributed by atoms with Gasteiger partial charge in [-0.15, -0.1) is 0 Å². The normalized spacial score (nSPS) is 14.3. The van der Waals surface area contributed by atoms with E-state index in [1.54, 1.807) is 25.3 Å². The van der Waals surface area contributed by atoms with Gasteiger partial charge in [-0.05, 0) is 37.1 Å². The van der Waals surface area contributed by atoms with Crippen LogP contribution in [-0.4, -0.2) is 20.9 Å². The smallest absolute Gasteiger partial charge is 0.335 e. The van der Waals surface area contributed by atoms with E-state index in [2.05, 4.69) is 9.98 Å². The zero-order valence-corrected chi connectivity index (χ0v) is 14.9. The molecule has 6 heteroatoms. The number of aryl methyl sites for hydroxylation is 1. The average Bonchev–Trinajstić information content (AvgIpc) is 3.07. The molecule has 0 unspecified atom stereocenters. The first-order chi connectivity index (χ1) is 13.0. The van der Waals surface area contributed by atoms with Gasteiger partial charge in [0.2, 0.25) is 5.88 Å². The molecule has 2 heterocycles. The van der Waals surface area contributed by atoms with Crippen LogP contribution in [-0.2, 0) is 0 Å². The number of benzene rings is 2.